The standard InChI is InChI=1S/C21H28N2O3S/c1-15(2)18-8-6-7-9-19(18)22-21(24)12-13-23(27(5,25)26)20-14-16(3)10-11-17(20)4/h6-11,14-15H,12-13H2,1-5H3,(H,22,24). The number of hydrogen-bond acceptors (Lipinski definition) is 3. The Morgan fingerprint density at radius 1 is 1.11 bits per heavy atom. The summed E-state index contributed by atoms with van der Waals surface area (Å²) in [6.45, 7) is 8.01. The first kappa shape index (κ1) is 21.0. The van der Waals surface area contributed by atoms with Crippen LogP contribution in [0.4, 0.5) is 11.4 Å². The van der Waals surface area contributed by atoms with Crippen LogP contribution in [0.1, 0.15) is 42.9 Å². The van der Waals surface area contributed by atoms with Crippen molar-refractivity contribution >= 4 is 27.3 Å². The van der Waals surface area contributed by atoms with Crippen LogP contribution in [0.25, 0.3) is 0 Å². The number of amides is 1. The van der Waals surface area contributed by atoms with Crippen LogP contribution in [0.5, 0.6) is 0 Å². The summed E-state index contributed by atoms with van der Waals surface area (Å²) in [6.07, 6.45) is 1.24. The lowest BCUT2D eigenvalue weighted by Crippen LogP contribution is -2.33. The number of anilines is 2. The zero-order valence-corrected chi connectivity index (χ0v) is 17.4. The summed E-state index contributed by atoms with van der Waals surface area (Å²) in [4.78, 5) is 12.5. The third-order valence-corrected chi connectivity index (χ3v) is 5.61. The van der Waals surface area contributed by atoms with Crippen LogP contribution < -0.4 is 9.62 Å². The highest BCUT2D eigenvalue weighted by atomic mass is 32.2. The number of aryl methyl sites for hydroxylation is 2. The largest absolute Gasteiger partial charge is 0.326 e. The molecule has 1 N–H and O–H groups in total. The fraction of sp³-hybridized carbons (Fsp3) is 0.381. The van der Waals surface area contributed by atoms with Gasteiger partial charge in [0.2, 0.25) is 15.9 Å². The molecule has 2 aromatic rings. The SMILES string of the molecule is Cc1ccc(C)c(N(CCC(=O)Nc2ccccc2C(C)C)S(C)(=O)=O)c1. The van der Waals surface area contributed by atoms with E-state index >= 15 is 0 Å². The van der Waals surface area contributed by atoms with Crippen molar-refractivity contribution in [2.45, 2.75) is 40.0 Å². The maximum Gasteiger partial charge on any atom is 0.232 e. The second-order valence-electron chi connectivity index (χ2n) is 7.17. The normalized spacial score (nSPS) is 11.5. The van der Waals surface area contributed by atoms with Gasteiger partial charge in [-0.15, -0.1) is 0 Å². The minimum atomic E-state index is -3.49. The van der Waals surface area contributed by atoms with Gasteiger partial charge in [-0.1, -0.05) is 44.2 Å². The average Bonchev–Trinajstić information content (AvgIpc) is 2.57. The van der Waals surface area contributed by atoms with E-state index in [1.165, 1.54) is 10.6 Å². The van der Waals surface area contributed by atoms with Crippen molar-refractivity contribution in [3.8, 4) is 0 Å². The first-order valence-corrected chi connectivity index (χ1v) is 10.9. The molecule has 5 nitrogen and oxygen atoms in total. The van der Waals surface area contributed by atoms with Crippen molar-refractivity contribution in [1.29, 1.82) is 0 Å². The van der Waals surface area contributed by atoms with E-state index in [0.717, 1.165) is 22.4 Å². The Morgan fingerprint density at radius 2 is 1.78 bits per heavy atom. The van der Waals surface area contributed by atoms with Gasteiger partial charge in [0.1, 0.15) is 0 Å². The van der Waals surface area contributed by atoms with Crippen molar-refractivity contribution in [3.05, 3.63) is 59.2 Å². The molecule has 0 radical (unpaired) electrons. The van der Waals surface area contributed by atoms with Crippen molar-refractivity contribution in [2.24, 2.45) is 0 Å². The Morgan fingerprint density at radius 3 is 2.41 bits per heavy atom. The van der Waals surface area contributed by atoms with E-state index in [4.69, 9.17) is 0 Å². The fourth-order valence-corrected chi connectivity index (χ4v) is 3.96. The summed E-state index contributed by atoms with van der Waals surface area (Å²) >= 11 is 0. The monoisotopic (exact) mass is 388 g/mol. The number of sulfonamides is 1. The molecule has 0 saturated carbocycles. The summed E-state index contributed by atoms with van der Waals surface area (Å²) in [7, 11) is -3.49. The molecule has 2 rings (SSSR count). The minimum absolute atomic E-state index is 0.0763. The van der Waals surface area contributed by atoms with E-state index in [1.807, 2.05) is 56.3 Å². The van der Waals surface area contributed by atoms with Crippen molar-refractivity contribution in [2.75, 3.05) is 22.4 Å². The molecule has 0 aliphatic carbocycles. The Kier molecular flexibility index (Phi) is 6.65. The highest BCUT2D eigenvalue weighted by molar-refractivity contribution is 7.92. The van der Waals surface area contributed by atoms with E-state index in [1.54, 1.807) is 0 Å². The lowest BCUT2D eigenvalue weighted by Gasteiger charge is -2.24. The molecular formula is C21H28N2O3S. The van der Waals surface area contributed by atoms with E-state index in [-0.39, 0.29) is 24.8 Å². The highest BCUT2D eigenvalue weighted by Crippen LogP contribution is 2.25. The fourth-order valence-electron chi connectivity index (χ4n) is 2.98. The summed E-state index contributed by atoms with van der Waals surface area (Å²) in [5, 5.41) is 2.92. The Labute approximate surface area is 162 Å². The minimum Gasteiger partial charge on any atom is -0.326 e. The molecule has 0 fully saturated rings. The number of nitrogens with zero attached hydrogens (tertiary/aromatic N) is 1. The van der Waals surface area contributed by atoms with E-state index in [9.17, 15) is 13.2 Å². The summed E-state index contributed by atoms with van der Waals surface area (Å²) in [6, 6.07) is 13.3. The number of benzene rings is 2. The van der Waals surface area contributed by atoms with Crippen LogP contribution in [0.3, 0.4) is 0 Å². The number of nitrogens with one attached hydrogen (secondary N) is 1. The Balaban J connectivity index is 2.17. The van der Waals surface area contributed by atoms with Crippen LogP contribution in [-0.2, 0) is 14.8 Å². The molecule has 0 heterocycles. The summed E-state index contributed by atoms with van der Waals surface area (Å²) < 4.78 is 25.9. The molecule has 0 bridgehead atoms. The molecule has 2 aromatic carbocycles. The molecule has 27 heavy (non-hydrogen) atoms. The first-order valence-electron chi connectivity index (χ1n) is 9.03. The predicted octanol–water partition coefficient (Wildman–Crippen LogP) is 4.22. The zero-order chi connectivity index (χ0) is 20.2. The quantitative estimate of drug-likeness (QED) is 0.772. The molecule has 0 atom stereocenters. The Hall–Kier alpha value is -2.34. The molecule has 0 spiro atoms. The summed E-state index contributed by atoms with van der Waals surface area (Å²) in [5.74, 6) is 0.0750. The molecule has 0 aromatic heterocycles. The average molecular weight is 389 g/mol. The third kappa shape index (κ3) is 5.57. The van der Waals surface area contributed by atoms with Gasteiger partial charge in [-0.2, -0.15) is 0 Å². The van der Waals surface area contributed by atoms with Gasteiger partial charge < -0.3 is 5.32 Å². The smallest absolute Gasteiger partial charge is 0.232 e. The van der Waals surface area contributed by atoms with Gasteiger partial charge in [-0.3, -0.25) is 9.10 Å². The second-order valence-corrected chi connectivity index (χ2v) is 9.07. The maximum atomic E-state index is 12.5. The molecule has 6 heteroatoms. The van der Waals surface area contributed by atoms with Crippen LogP contribution in [0.15, 0.2) is 42.5 Å². The lowest BCUT2D eigenvalue weighted by atomic mass is 10.0. The topological polar surface area (TPSA) is 66.5 Å². The van der Waals surface area contributed by atoms with Gasteiger partial charge in [0.15, 0.2) is 0 Å². The third-order valence-electron chi connectivity index (χ3n) is 4.43. The molecule has 1 amide bonds. The number of carbonyl (C=O) groups excluding carboxylic acids is 1. The van der Waals surface area contributed by atoms with Gasteiger partial charge in [0, 0.05) is 18.7 Å². The Bertz CT molecular complexity index is 921. The molecule has 0 unspecified atom stereocenters. The zero-order valence-electron chi connectivity index (χ0n) is 16.6. The molecule has 0 aliphatic rings. The number of carbonyl (C=O) groups is 1. The number of para-hydroxylation sites is 1. The van der Waals surface area contributed by atoms with Crippen molar-refractivity contribution in [3.63, 3.8) is 0 Å². The van der Waals surface area contributed by atoms with E-state index in [2.05, 4.69) is 19.2 Å². The van der Waals surface area contributed by atoms with E-state index in [0.29, 0.717) is 5.69 Å². The van der Waals surface area contributed by atoms with Crippen molar-refractivity contribution in [1.82, 2.24) is 0 Å². The van der Waals surface area contributed by atoms with Crippen LogP contribution in [-0.4, -0.2) is 27.1 Å². The maximum absolute atomic E-state index is 12.5. The van der Waals surface area contributed by atoms with E-state index < -0.39 is 10.0 Å². The van der Waals surface area contributed by atoms with Crippen molar-refractivity contribution < 1.29 is 13.2 Å². The highest BCUT2D eigenvalue weighted by Gasteiger charge is 2.21. The molecular weight excluding hydrogens is 360 g/mol. The molecule has 0 aliphatic heterocycles. The molecule has 146 valence electrons. The second kappa shape index (κ2) is 8.57. The first-order chi connectivity index (χ1) is 12.6. The van der Waals surface area contributed by atoms with Gasteiger partial charge in [0.05, 0.1) is 11.9 Å². The van der Waals surface area contributed by atoms with Crippen LogP contribution in [0.2, 0.25) is 0 Å². The number of rotatable bonds is 7. The summed E-state index contributed by atoms with van der Waals surface area (Å²) in [5.41, 5.74) is 4.28. The van der Waals surface area contributed by atoms with Gasteiger partial charge >= 0.3 is 0 Å². The van der Waals surface area contributed by atoms with Gasteiger partial charge in [-0.05, 0) is 48.6 Å². The van der Waals surface area contributed by atoms with Crippen LogP contribution in [0, 0.1) is 13.8 Å². The molecule has 0 saturated heterocycles. The number of hydrogen-bond donors (Lipinski definition) is 1. The predicted molar refractivity (Wildman–Crippen MR) is 112 cm³/mol. The van der Waals surface area contributed by atoms with Crippen LogP contribution >= 0.6 is 0 Å². The lowest BCUT2D eigenvalue weighted by molar-refractivity contribution is -0.116. The van der Waals surface area contributed by atoms with Gasteiger partial charge in [-0.25, -0.2) is 8.42 Å². The van der Waals surface area contributed by atoms with Gasteiger partial charge in [0.25, 0.3) is 0 Å².